The molecule has 2 aromatic carbocycles. The number of aliphatic carboxylic acids is 1. The molecular formula is C26H27BrClN3O9S3. The number of carboxylic acids is 2. The van der Waals surface area contributed by atoms with Crippen LogP contribution in [-0.2, 0) is 30.6 Å². The molecule has 1 aliphatic heterocycles. The Morgan fingerprint density at radius 3 is 2.42 bits per heavy atom. The Kier molecular flexibility index (Phi) is 10.6. The number of carbonyl (C=O) groups is 2. The Morgan fingerprint density at radius 2 is 1.77 bits per heavy atom. The fraction of sp³-hybridized carbons (Fsp3) is 0.308. The first kappa shape index (κ1) is 33.0. The van der Waals surface area contributed by atoms with E-state index in [-0.39, 0.29) is 41.2 Å². The van der Waals surface area contributed by atoms with E-state index in [1.807, 2.05) is 12.1 Å². The van der Waals surface area contributed by atoms with Gasteiger partial charge in [-0.05, 0) is 58.1 Å². The molecule has 17 heteroatoms. The van der Waals surface area contributed by atoms with Gasteiger partial charge in [-0.25, -0.2) is 30.7 Å². The molecular weight excluding hydrogens is 710 g/mol. The molecule has 0 unspecified atom stereocenters. The molecule has 4 rings (SSSR count). The van der Waals surface area contributed by atoms with Crippen molar-refractivity contribution in [3.05, 3.63) is 63.4 Å². The first-order valence-electron chi connectivity index (χ1n) is 12.7. The summed E-state index contributed by atoms with van der Waals surface area (Å²) >= 11 is 9.79. The van der Waals surface area contributed by atoms with Crippen molar-refractivity contribution < 1.29 is 41.4 Å². The monoisotopic (exact) mass is 735 g/mol. The summed E-state index contributed by atoms with van der Waals surface area (Å²) < 4.78 is 59.6. The predicted molar refractivity (Wildman–Crippen MR) is 168 cm³/mol. The number of hydrogen-bond donors (Lipinski definition) is 4. The minimum atomic E-state index is -3.80. The van der Waals surface area contributed by atoms with Crippen LogP contribution < -0.4 is 14.8 Å². The number of rotatable bonds is 13. The molecule has 1 aromatic heterocycles. The summed E-state index contributed by atoms with van der Waals surface area (Å²) in [5.41, 5.74) is 1.90. The number of halogens is 2. The lowest BCUT2D eigenvalue weighted by Gasteiger charge is -2.32. The van der Waals surface area contributed by atoms with Crippen molar-refractivity contribution in [1.29, 1.82) is 0 Å². The summed E-state index contributed by atoms with van der Waals surface area (Å²) in [5.74, 6) is -2.91. The van der Waals surface area contributed by atoms with Gasteiger partial charge in [0.15, 0.2) is 17.2 Å². The predicted octanol–water partition coefficient (Wildman–Crippen LogP) is 4.68. The lowest BCUT2D eigenvalue weighted by Crippen LogP contribution is -2.42. The minimum Gasteiger partial charge on any atom is -0.479 e. The van der Waals surface area contributed by atoms with Crippen LogP contribution >= 0.6 is 38.9 Å². The highest BCUT2D eigenvalue weighted by molar-refractivity contribution is 9.10. The van der Waals surface area contributed by atoms with Gasteiger partial charge in [0, 0.05) is 24.8 Å². The van der Waals surface area contributed by atoms with E-state index in [9.17, 15) is 31.5 Å². The molecule has 12 nitrogen and oxygen atoms in total. The van der Waals surface area contributed by atoms with E-state index in [0.717, 1.165) is 17.0 Å². The fourth-order valence-corrected chi connectivity index (χ4v) is 8.71. The Labute approximate surface area is 265 Å². The number of thiophene rings is 1. The molecule has 0 radical (unpaired) electrons. The third-order valence-electron chi connectivity index (χ3n) is 6.45. The number of aromatic carboxylic acids is 1. The molecule has 1 fully saturated rings. The maximum absolute atomic E-state index is 13.2. The van der Waals surface area contributed by atoms with Crippen LogP contribution in [-0.4, -0.2) is 74.2 Å². The van der Waals surface area contributed by atoms with Crippen LogP contribution in [0.4, 0.5) is 11.4 Å². The number of anilines is 2. The van der Waals surface area contributed by atoms with Gasteiger partial charge >= 0.3 is 11.9 Å². The van der Waals surface area contributed by atoms with Gasteiger partial charge in [-0.3, -0.25) is 4.72 Å². The van der Waals surface area contributed by atoms with E-state index >= 15 is 0 Å². The van der Waals surface area contributed by atoms with Crippen molar-refractivity contribution in [2.75, 3.05) is 34.9 Å². The number of carboxylic acid groups (broad SMARTS) is 2. The van der Waals surface area contributed by atoms with Crippen LogP contribution in [0.25, 0.3) is 10.4 Å². The smallest absolute Gasteiger partial charge is 0.349 e. The van der Waals surface area contributed by atoms with Crippen molar-refractivity contribution in [3.63, 3.8) is 0 Å². The quantitative estimate of drug-likeness (QED) is 0.180. The Balaban J connectivity index is 1.42. The standard InChI is InChI=1S/C26H27BrClN3O9S3/c27-22-23(40-13-21(32)33)25(26(34)35)41-24(22)16-5-3-6-19(12-16)29-18-8-10-31(11-9-18)43(38,39)14-17-4-1-2-7-20(17)30-42(36,37)15-28/h1-7,12,18,29-30H,8-11,13-15H2,(H,32,33)(H,34,35). The third kappa shape index (κ3) is 8.39. The lowest BCUT2D eigenvalue weighted by molar-refractivity contribution is -0.139. The molecule has 4 N–H and O–H groups in total. The second-order valence-corrected chi connectivity index (χ2v) is 15.6. The Bertz CT molecular complexity index is 1720. The number of sulfonamides is 2. The molecule has 0 amide bonds. The van der Waals surface area contributed by atoms with Crippen molar-refractivity contribution in [2.24, 2.45) is 0 Å². The summed E-state index contributed by atoms with van der Waals surface area (Å²) in [6.45, 7) is -0.166. The normalized spacial score (nSPS) is 14.7. The average molecular weight is 737 g/mol. The molecule has 2 heterocycles. The maximum Gasteiger partial charge on any atom is 0.349 e. The highest BCUT2D eigenvalue weighted by Gasteiger charge is 2.29. The van der Waals surface area contributed by atoms with Crippen molar-refractivity contribution in [1.82, 2.24) is 4.31 Å². The summed E-state index contributed by atoms with van der Waals surface area (Å²) in [5, 5.41) is 21.3. The number of nitrogens with one attached hydrogen (secondary N) is 2. The fourth-order valence-electron chi connectivity index (χ4n) is 4.48. The zero-order valence-corrected chi connectivity index (χ0v) is 27.1. The number of nitrogens with zero attached hydrogens (tertiary/aromatic N) is 1. The molecule has 232 valence electrons. The van der Waals surface area contributed by atoms with Crippen LogP contribution in [0.2, 0.25) is 0 Å². The number of ether oxygens (including phenoxy) is 1. The Hall–Kier alpha value is -2.89. The second kappa shape index (κ2) is 13.8. The molecule has 0 atom stereocenters. The van der Waals surface area contributed by atoms with Gasteiger partial charge in [-0.2, -0.15) is 0 Å². The maximum atomic E-state index is 13.2. The number of benzene rings is 2. The molecule has 0 saturated carbocycles. The van der Waals surface area contributed by atoms with Crippen LogP contribution in [0.5, 0.6) is 5.75 Å². The first-order valence-corrected chi connectivity index (χ1v) is 18.1. The van der Waals surface area contributed by atoms with E-state index < -0.39 is 43.8 Å². The van der Waals surface area contributed by atoms with Crippen molar-refractivity contribution >= 4 is 82.2 Å². The van der Waals surface area contributed by atoms with Gasteiger partial charge in [0.2, 0.25) is 20.0 Å². The summed E-state index contributed by atoms with van der Waals surface area (Å²) in [4.78, 5) is 23.1. The largest absolute Gasteiger partial charge is 0.479 e. The zero-order valence-electron chi connectivity index (χ0n) is 22.3. The number of piperidine rings is 1. The van der Waals surface area contributed by atoms with Gasteiger partial charge in [0.05, 0.1) is 20.8 Å². The lowest BCUT2D eigenvalue weighted by atomic mass is 10.1. The van der Waals surface area contributed by atoms with Gasteiger partial charge in [-0.1, -0.05) is 30.3 Å². The average Bonchev–Trinajstić information content (AvgIpc) is 3.29. The molecule has 0 aliphatic carbocycles. The summed E-state index contributed by atoms with van der Waals surface area (Å²) in [6, 6.07) is 13.5. The zero-order chi connectivity index (χ0) is 31.4. The Morgan fingerprint density at radius 1 is 1.07 bits per heavy atom. The molecule has 0 bridgehead atoms. The van der Waals surface area contributed by atoms with Crippen LogP contribution in [0.3, 0.4) is 0 Å². The molecule has 1 aliphatic rings. The van der Waals surface area contributed by atoms with E-state index in [2.05, 4.69) is 26.0 Å². The van der Waals surface area contributed by atoms with Crippen molar-refractivity contribution in [2.45, 2.75) is 24.6 Å². The van der Waals surface area contributed by atoms with Gasteiger partial charge in [0.1, 0.15) is 5.21 Å². The summed E-state index contributed by atoms with van der Waals surface area (Å²) in [7, 11) is -7.55. The van der Waals surface area contributed by atoms with Crippen molar-refractivity contribution in [3.8, 4) is 16.2 Å². The van der Waals surface area contributed by atoms with Crippen LogP contribution in [0.15, 0.2) is 53.0 Å². The first-order chi connectivity index (χ1) is 20.3. The number of para-hydroxylation sites is 1. The van der Waals surface area contributed by atoms with E-state index in [0.29, 0.717) is 33.3 Å². The molecule has 3 aromatic rings. The van der Waals surface area contributed by atoms with Crippen LogP contribution in [0.1, 0.15) is 28.1 Å². The SMILES string of the molecule is O=C(O)COc1c(C(=O)O)sc(-c2cccc(NC3CCN(S(=O)(=O)Cc4ccccc4NS(=O)(=O)CCl)CC3)c2)c1Br. The van der Waals surface area contributed by atoms with Gasteiger partial charge in [0.25, 0.3) is 0 Å². The highest BCUT2D eigenvalue weighted by atomic mass is 79.9. The molecule has 1 saturated heterocycles. The summed E-state index contributed by atoms with van der Waals surface area (Å²) in [6.07, 6.45) is 1.03. The number of alkyl halides is 1. The van der Waals surface area contributed by atoms with Gasteiger partial charge < -0.3 is 20.3 Å². The van der Waals surface area contributed by atoms with E-state index in [4.69, 9.17) is 21.4 Å². The molecule has 0 spiro atoms. The minimum absolute atomic E-state index is 0.0414. The number of hydrogen-bond acceptors (Lipinski definition) is 9. The second-order valence-electron chi connectivity index (χ2n) is 9.53. The van der Waals surface area contributed by atoms with Gasteiger partial charge in [-0.15, -0.1) is 22.9 Å². The van der Waals surface area contributed by atoms with E-state index in [1.165, 1.54) is 10.4 Å². The van der Waals surface area contributed by atoms with Crippen LogP contribution in [0, 0.1) is 0 Å². The van der Waals surface area contributed by atoms with E-state index in [1.54, 1.807) is 30.3 Å². The highest BCUT2D eigenvalue weighted by Crippen LogP contribution is 2.46. The third-order valence-corrected chi connectivity index (χ3v) is 12.2. The topological polar surface area (TPSA) is 179 Å². The molecule has 43 heavy (non-hydrogen) atoms.